The number of nitrogens with zero attached hydrogens (tertiary/aromatic N) is 2. The van der Waals surface area contributed by atoms with Crippen molar-refractivity contribution in [1.82, 2.24) is 9.78 Å². The topological polar surface area (TPSA) is 55.1 Å². The number of rotatable bonds is 3. The van der Waals surface area contributed by atoms with Crippen LogP contribution in [-0.4, -0.2) is 20.9 Å². The summed E-state index contributed by atoms with van der Waals surface area (Å²) in [6.07, 6.45) is 3.37. The Morgan fingerprint density at radius 2 is 2.33 bits per heavy atom. The highest BCUT2D eigenvalue weighted by molar-refractivity contribution is 6.34. The van der Waals surface area contributed by atoms with Crippen LogP contribution in [0.25, 0.3) is 0 Å². The standard InChI is InChI=1S/C10H13ClN2O2/c1-2-13-9(6-4-3-5-6)7(11)8(12-13)10(14)15/h6H,2-5H2,1H3,(H,14,15). The number of halogens is 1. The predicted octanol–water partition coefficient (Wildman–Crippen LogP) is 2.52. The highest BCUT2D eigenvalue weighted by Crippen LogP contribution is 2.40. The van der Waals surface area contributed by atoms with Crippen molar-refractivity contribution in [2.45, 2.75) is 38.6 Å². The minimum atomic E-state index is -1.05. The average Bonchev–Trinajstić information content (AvgIpc) is 2.42. The third kappa shape index (κ3) is 1.63. The maximum Gasteiger partial charge on any atom is 0.357 e. The molecule has 1 aliphatic carbocycles. The third-order valence-corrected chi connectivity index (χ3v) is 3.30. The molecule has 0 bridgehead atoms. The summed E-state index contributed by atoms with van der Waals surface area (Å²) in [6.45, 7) is 2.61. The molecule has 1 aromatic heterocycles. The van der Waals surface area contributed by atoms with E-state index in [4.69, 9.17) is 16.7 Å². The summed E-state index contributed by atoms with van der Waals surface area (Å²) in [5.74, 6) is -0.647. The van der Waals surface area contributed by atoms with Gasteiger partial charge in [0.25, 0.3) is 0 Å². The van der Waals surface area contributed by atoms with E-state index in [1.54, 1.807) is 4.68 Å². The number of carbonyl (C=O) groups is 1. The SMILES string of the molecule is CCn1nc(C(=O)O)c(Cl)c1C1CCC1. The van der Waals surface area contributed by atoms with Gasteiger partial charge in [0.15, 0.2) is 5.69 Å². The Kier molecular flexibility index (Phi) is 2.69. The van der Waals surface area contributed by atoms with Gasteiger partial charge < -0.3 is 5.11 Å². The predicted molar refractivity (Wildman–Crippen MR) is 56.5 cm³/mol. The van der Waals surface area contributed by atoms with E-state index in [0.29, 0.717) is 17.5 Å². The fraction of sp³-hybridized carbons (Fsp3) is 0.600. The van der Waals surface area contributed by atoms with Crippen molar-refractivity contribution < 1.29 is 9.90 Å². The fourth-order valence-corrected chi connectivity index (χ4v) is 2.27. The molecule has 4 nitrogen and oxygen atoms in total. The summed E-state index contributed by atoms with van der Waals surface area (Å²) in [5, 5.41) is 13.3. The second-order valence-electron chi connectivity index (χ2n) is 3.80. The van der Waals surface area contributed by atoms with Crippen molar-refractivity contribution in [3.05, 3.63) is 16.4 Å². The van der Waals surface area contributed by atoms with Gasteiger partial charge in [-0.15, -0.1) is 0 Å². The summed E-state index contributed by atoms with van der Waals surface area (Å²) >= 11 is 6.05. The summed E-state index contributed by atoms with van der Waals surface area (Å²) in [5.41, 5.74) is 0.892. The number of carboxylic acids is 1. The maximum atomic E-state index is 10.9. The zero-order valence-corrected chi connectivity index (χ0v) is 9.29. The van der Waals surface area contributed by atoms with Crippen LogP contribution >= 0.6 is 11.6 Å². The largest absolute Gasteiger partial charge is 0.476 e. The Morgan fingerprint density at radius 3 is 2.73 bits per heavy atom. The molecule has 0 atom stereocenters. The molecule has 1 aliphatic rings. The van der Waals surface area contributed by atoms with E-state index in [-0.39, 0.29) is 5.69 Å². The molecule has 0 aromatic carbocycles. The summed E-state index contributed by atoms with van der Waals surface area (Å²) in [6, 6.07) is 0. The lowest BCUT2D eigenvalue weighted by molar-refractivity contribution is 0.0689. The van der Waals surface area contributed by atoms with Crippen LogP contribution in [0, 0.1) is 0 Å². The van der Waals surface area contributed by atoms with Gasteiger partial charge in [-0.2, -0.15) is 5.10 Å². The molecule has 0 radical (unpaired) electrons. The zero-order valence-electron chi connectivity index (χ0n) is 8.53. The molecule has 0 unspecified atom stereocenters. The van der Waals surface area contributed by atoms with E-state index in [1.165, 1.54) is 6.42 Å². The molecule has 82 valence electrons. The van der Waals surface area contributed by atoms with E-state index >= 15 is 0 Å². The first-order chi connectivity index (χ1) is 7.15. The number of aromatic nitrogens is 2. The van der Waals surface area contributed by atoms with Crippen LogP contribution < -0.4 is 0 Å². The lowest BCUT2D eigenvalue weighted by Gasteiger charge is -2.26. The monoisotopic (exact) mass is 228 g/mol. The molecule has 1 N–H and O–H groups in total. The molecule has 1 aromatic rings. The first-order valence-corrected chi connectivity index (χ1v) is 5.52. The van der Waals surface area contributed by atoms with Crippen LogP contribution in [0.15, 0.2) is 0 Å². The Hall–Kier alpha value is -1.03. The van der Waals surface area contributed by atoms with E-state index in [9.17, 15) is 4.79 Å². The molecule has 0 saturated heterocycles. The van der Waals surface area contributed by atoms with Gasteiger partial charge in [0.1, 0.15) is 0 Å². The van der Waals surface area contributed by atoms with Crippen LogP contribution in [0.5, 0.6) is 0 Å². The van der Waals surface area contributed by atoms with Crippen molar-refractivity contribution in [3.63, 3.8) is 0 Å². The van der Waals surface area contributed by atoms with Gasteiger partial charge in [-0.05, 0) is 19.8 Å². The quantitative estimate of drug-likeness (QED) is 0.865. The second-order valence-corrected chi connectivity index (χ2v) is 4.17. The lowest BCUT2D eigenvalue weighted by Crippen LogP contribution is -2.14. The Bertz CT molecular complexity index is 396. The minimum Gasteiger partial charge on any atom is -0.476 e. The fourth-order valence-electron chi connectivity index (χ4n) is 1.90. The summed E-state index contributed by atoms with van der Waals surface area (Å²) < 4.78 is 1.72. The van der Waals surface area contributed by atoms with Gasteiger partial charge >= 0.3 is 5.97 Å². The molecule has 0 amide bonds. The molecule has 0 aliphatic heterocycles. The third-order valence-electron chi connectivity index (χ3n) is 2.93. The molecule has 1 saturated carbocycles. The van der Waals surface area contributed by atoms with Gasteiger partial charge in [-0.1, -0.05) is 18.0 Å². The van der Waals surface area contributed by atoms with Crippen LogP contribution in [0.2, 0.25) is 5.02 Å². The maximum absolute atomic E-state index is 10.9. The highest BCUT2D eigenvalue weighted by atomic mass is 35.5. The normalized spacial score (nSPS) is 16.4. The number of hydrogen-bond acceptors (Lipinski definition) is 2. The van der Waals surface area contributed by atoms with Crippen molar-refractivity contribution in [1.29, 1.82) is 0 Å². The number of aryl methyl sites for hydroxylation is 1. The van der Waals surface area contributed by atoms with Crippen LogP contribution in [0.4, 0.5) is 0 Å². The zero-order chi connectivity index (χ0) is 11.0. The van der Waals surface area contributed by atoms with E-state index < -0.39 is 5.97 Å². The number of carboxylic acid groups (broad SMARTS) is 1. The van der Waals surface area contributed by atoms with Gasteiger partial charge in [0.05, 0.1) is 10.7 Å². The lowest BCUT2D eigenvalue weighted by atomic mass is 9.82. The summed E-state index contributed by atoms with van der Waals surface area (Å²) in [4.78, 5) is 10.9. The average molecular weight is 229 g/mol. The number of aromatic carboxylic acids is 1. The van der Waals surface area contributed by atoms with Gasteiger partial charge in [0, 0.05) is 12.5 Å². The molecular formula is C10H13ClN2O2. The number of hydrogen-bond donors (Lipinski definition) is 1. The molecule has 5 heteroatoms. The van der Waals surface area contributed by atoms with Crippen molar-refractivity contribution in [2.24, 2.45) is 0 Å². The summed E-state index contributed by atoms with van der Waals surface area (Å²) in [7, 11) is 0. The molecule has 1 heterocycles. The first-order valence-electron chi connectivity index (χ1n) is 5.14. The van der Waals surface area contributed by atoms with E-state index in [2.05, 4.69) is 5.10 Å². The molecule has 15 heavy (non-hydrogen) atoms. The smallest absolute Gasteiger partial charge is 0.357 e. The molecule has 0 spiro atoms. The van der Waals surface area contributed by atoms with Crippen molar-refractivity contribution in [3.8, 4) is 0 Å². The molecule has 1 fully saturated rings. The van der Waals surface area contributed by atoms with Gasteiger partial charge in [-0.3, -0.25) is 4.68 Å². The van der Waals surface area contributed by atoms with Crippen LogP contribution in [-0.2, 0) is 6.54 Å². The van der Waals surface area contributed by atoms with Crippen LogP contribution in [0.3, 0.4) is 0 Å². The highest BCUT2D eigenvalue weighted by Gasteiger charge is 2.29. The Labute approximate surface area is 92.8 Å². The van der Waals surface area contributed by atoms with Crippen LogP contribution in [0.1, 0.15) is 48.3 Å². The Morgan fingerprint density at radius 1 is 1.67 bits per heavy atom. The van der Waals surface area contributed by atoms with E-state index in [0.717, 1.165) is 18.5 Å². The molecular weight excluding hydrogens is 216 g/mol. The first kappa shape index (κ1) is 10.5. The van der Waals surface area contributed by atoms with E-state index in [1.807, 2.05) is 6.92 Å². The second kappa shape index (κ2) is 3.85. The van der Waals surface area contributed by atoms with Crippen molar-refractivity contribution in [2.75, 3.05) is 0 Å². The van der Waals surface area contributed by atoms with Gasteiger partial charge in [-0.25, -0.2) is 4.79 Å². The van der Waals surface area contributed by atoms with Crippen molar-refractivity contribution >= 4 is 17.6 Å². The van der Waals surface area contributed by atoms with Gasteiger partial charge in [0.2, 0.25) is 0 Å². The minimum absolute atomic E-state index is 0.0135. The Balaban J connectivity index is 2.45. The molecule has 2 rings (SSSR count).